The Bertz CT molecular complexity index is 832. The minimum atomic E-state index is 0.215. The maximum absolute atomic E-state index is 10.7. The number of thiazole rings is 1. The van der Waals surface area contributed by atoms with E-state index in [4.69, 9.17) is 9.15 Å². The highest BCUT2D eigenvalue weighted by Crippen LogP contribution is 2.13. The predicted molar refractivity (Wildman–Crippen MR) is 237 cm³/mol. The summed E-state index contributed by atoms with van der Waals surface area (Å²) in [5.41, 5.74) is 0. The predicted octanol–water partition coefficient (Wildman–Crippen LogP) is 12.3. The van der Waals surface area contributed by atoms with Gasteiger partial charge in [-0.25, -0.2) is 4.98 Å². The number of nitrogens with zero attached hydrogens (tertiary/aromatic N) is 5. The van der Waals surface area contributed by atoms with Crippen LogP contribution in [0.4, 0.5) is 0 Å². The highest BCUT2D eigenvalue weighted by Gasteiger charge is 2.11. The van der Waals surface area contributed by atoms with Gasteiger partial charge in [0.25, 0.3) is 0 Å². The van der Waals surface area contributed by atoms with E-state index in [1.807, 2.05) is 33.1 Å². The maximum atomic E-state index is 10.7. The van der Waals surface area contributed by atoms with Crippen LogP contribution in [-0.2, 0) is 9.53 Å². The molecule has 0 aromatic carbocycles. The smallest absolute Gasteiger partial charge is 0.222 e. The molecular formula is C44H93N5O3S. The zero-order valence-corrected chi connectivity index (χ0v) is 39.5. The first-order valence-electron chi connectivity index (χ1n) is 20.9. The molecule has 0 radical (unpaired) electrons. The molecule has 9 heteroatoms. The molecule has 2 aliphatic heterocycles. The van der Waals surface area contributed by atoms with Crippen LogP contribution in [0.2, 0.25) is 0 Å². The molecule has 0 bridgehead atoms. The summed E-state index contributed by atoms with van der Waals surface area (Å²) in [5.74, 6) is 3.64. The first-order chi connectivity index (χ1) is 25.1. The summed E-state index contributed by atoms with van der Waals surface area (Å²) in [5, 5.41) is 3.10. The summed E-state index contributed by atoms with van der Waals surface area (Å²) < 4.78 is 9.41. The molecule has 4 rings (SSSR count). The summed E-state index contributed by atoms with van der Waals surface area (Å²) in [4.78, 5) is 24.9. The van der Waals surface area contributed by atoms with Crippen LogP contribution in [0.1, 0.15) is 158 Å². The molecule has 0 N–H and O–H groups in total. The van der Waals surface area contributed by atoms with Gasteiger partial charge in [0.2, 0.25) is 5.91 Å². The van der Waals surface area contributed by atoms with Crippen LogP contribution in [0, 0.1) is 31.6 Å². The Hall–Kier alpha value is -1.81. The van der Waals surface area contributed by atoms with Gasteiger partial charge in [0.1, 0.15) is 6.26 Å². The van der Waals surface area contributed by atoms with Crippen LogP contribution in [0.3, 0.4) is 0 Å². The number of aromatic nitrogens is 2. The van der Waals surface area contributed by atoms with E-state index in [0.29, 0.717) is 6.42 Å². The van der Waals surface area contributed by atoms with E-state index in [1.165, 1.54) is 77.7 Å². The molecule has 8 nitrogen and oxygen atoms in total. The standard InChI is InChI=1S/2C7H15N.C6H13NO.C6H14.C4H5NO.C4H5NS.C4H10O.C4H10.C2H6/c1-7-3-5-8(2)6-4-7;1-2-5-8-6-3-4-7-8;1-4-5-6(8)7(2)3;1-4-5-6(2)3;2*1-4-5-2-3-6-4;1-3-4-5-2;1-4(2)3;1-2/h7H,3-6H2,1-2H3;2-7H2,1H3;4-5H2,1-3H3;6H,4-5H2,1-3H3;2*2-3H,1H3;3-4H2,1-2H3;4H,1-3H3;1-2H3. The SMILES string of the molecule is CC.CC(C)C.CC1CCN(C)CC1.CCCC(=O)N(C)C.CCCC(C)C.CCCN1CCCC1.CCCOC.Cc1ncco1.Cc1nccs1. The van der Waals surface area contributed by atoms with E-state index in [-0.39, 0.29) is 5.91 Å². The molecular weight excluding hydrogens is 679 g/mol. The second-order valence-electron chi connectivity index (χ2n) is 14.6. The number of likely N-dealkylation sites (tertiary alicyclic amines) is 2. The van der Waals surface area contributed by atoms with Crippen LogP contribution in [0.25, 0.3) is 0 Å². The van der Waals surface area contributed by atoms with Crippen LogP contribution in [0.15, 0.2) is 28.5 Å². The normalized spacial score (nSPS) is 13.4. The monoisotopic (exact) mass is 772 g/mol. The van der Waals surface area contributed by atoms with Crippen LogP contribution in [0.5, 0.6) is 0 Å². The number of oxazole rings is 1. The lowest BCUT2D eigenvalue weighted by atomic mass is 10.00. The lowest BCUT2D eigenvalue weighted by molar-refractivity contribution is -0.128. The minimum absolute atomic E-state index is 0.215. The zero-order valence-electron chi connectivity index (χ0n) is 38.7. The van der Waals surface area contributed by atoms with E-state index in [0.717, 1.165) is 48.1 Å². The quantitative estimate of drug-likeness (QED) is 0.264. The van der Waals surface area contributed by atoms with E-state index in [2.05, 4.69) is 89.1 Å². The topological polar surface area (TPSA) is 74.9 Å². The van der Waals surface area contributed by atoms with Crippen molar-refractivity contribution in [2.45, 2.75) is 161 Å². The lowest BCUT2D eigenvalue weighted by Gasteiger charge is -2.26. The molecule has 2 aromatic heterocycles. The molecule has 2 fully saturated rings. The molecule has 318 valence electrons. The third-order valence-corrected chi connectivity index (χ3v) is 7.80. The molecule has 0 unspecified atom stereocenters. The molecule has 1 amide bonds. The Morgan fingerprint density at radius 3 is 1.64 bits per heavy atom. The zero-order chi connectivity index (χ0) is 41.9. The van der Waals surface area contributed by atoms with Gasteiger partial charge in [0, 0.05) is 52.7 Å². The number of methoxy groups -OCH3 is 1. The van der Waals surface area contributed by atoms with E-state index >= 15 is 0 Å². The number of hydrogen-bond donors (Lipinski definition) is 0. The fourth-order valence-electron chi connectivity index (χ4n) is 4.27. The fourth-order valence-corrected chi connectivity index (χ4v) is 4.71. The number of piperidine rings is 1. The maximum Gasteiger partial charge on any atom is 0.222 e. The summed E-state index contributed by atoms with van der Waals surface area (Å²) in [7, 11) is 7.46. The molecule has 0 spiro atoms. The van der Waals surface area contributed by atoms with Crippen molar-refractivity contribution in [1.29, 1.82) is 0 Å². The highest BCUT2D eigenvalue weighted by atomic mass is 32.1. The lowest BCUT2D eigenvalue weighted by Crippen LogP contribution is -2.28. The number of amides is 1. The molecule has 0 aliphatic carbocycles. The third kappa shape index (κ3) is 59.7. The average Bonchev–Trinajstić information content (AvgIpc) is 3.91. The number of hydrogen-bond acceptors (Lipinski definition) is 8. The van der Waals surface area contributed by atoms with Gasteiger partial charge in [-0.15, -0.1) is 11.3 Å². The first-order valence-corrected chi connectivity index (χ1v) is 21.8. The second kappa shape index (κ2) is 48.2. The number of ether oxygens (including phenoxy) is 1. The summed E-state index contributed by atoms with van der Waals surface area (Å²) in [6, 6.07) is 0. The molecule has 0 saturated carbocycles. The van der Waals surface area contributed by atoms with Crippen molar-refractivity contribution in [3.63, 3.8) is 0 Å². The van der Waals surface area contributed by atoms with Gasteiger partial charge in [-0.05, 0) is 109 Å². The number of carbonyl (C=O) groups is 1. The number of aryl methyl sites for hydroxylation is 2. The average molecular weight is 772 g/mol. The molecule has 2 aromatic rings. The fraction of sp³-hybridized carbons (Fsp3) is 0.841. The minimum Gasteiger partial charge on any atom is -0.449 e. The summed E-state index contributed by atoms with van der Waals surface area (Å²) in [6.45, 7) is 37.2. The Balaban J connectivity index is -0.000000166. The van der Waals surface area contributed by atoms with Crippen LogP contribution in [-0.4, -0.2) is 98.2 Å². The van der Waals surface area contributed by atoms with Crippen LogP contribution >= 0.6 is 11.3 Å². The Morgan fingerprint density at radius 2 is 1.45 bits per heavy atom. The van der Waals surface area contributed by atoms with Gasteiger partial charge in [-0.2, -0.15) is 0 Å². The van der Waals surface area contributed by atoms with Gasteiger partial charge in [-0.3, -0.25) is 9.78 Å². The van der Waals surface area contributed by atoms with Crippen molar-refractivity contribution in [3.05, 3.63) is 34.9 Å². The van der Waals surface area contributed by atoms with E-state index in [1.54, 1.807) is 63.0 Å². The molecule has 2 aliphatic rings. The van der Waals surface area contributed by atoms with E-state index < -0.39 is 0 Å². The second-order valence-corrected chi connectivity index (χ2v) is 15.7. The van der Waals surface area contributed by atoms with Crippen molar-refractivity contribution in [2.75, 3.05) is 67.6 Å². The largest absolute Gasteiger partial charge is 0.449 e. The summed E-state index contributed by atoms with van der Waals surface area (Å²) in [6.07, 6.45) is 17.4. The van der Waals surface area contributed by atoms with E-state index in [9.17, 15) is 4.79 Å². The molecule has 53 heavy (non-hydrogen) atoms. The van der Waals surface area contributed by atoms with Crippen molar-refractivity contribution >= 4 is 17.2 Å². The molecule has 2 saturated heterocycles. The molecule has 4 heterocycles. The first kappa shape index (κ1) is 60.4. The van der Waals surface area contributed by atoms with Crippen LogP contribution < -0.4 is 0 Å². The third-order valence-electron chi connectivity index (χ3n) is 7.09. The van der Waals surface area contributed by atoms with Crippen molar-refractivity contribution in [2.24, 2.45) is 17.8 Å². The van der Waals surface area contributed by atoms with Crippen molar-refractivity contribution in [3.8, 4) is 0 Å². The Morgan fingerprint density at radius 1 is 0.906 bits per heavy atom. The van der Waals surface area contributed by atoms with Gasteiger partial charge in [0.05, 0.1) is 11.2 Å². The Labute approximate surface area is 336 Å². The van der Waals surface area contributed by atoms with Crippen molar-refractivity contribution in [1.82, 2.24) is 24.7 Å². The number of rotatable bonds is 8. The van der Waals surface area contributed by atoms with Crippen molar-refractivity contribution < 1.29 is 13.9 Å². The number of carbonyl (C=O) groups excluding carboxylic acids is 1. The Kier molecular flexibility index (Phi) is 55.0. The van der Waals surface area contributed by atoms with Gasteiger partial charge < -0.3 is 23.9 Å². The molecule has 0 atom stereocenters. The van der Waals surface area contributed by atoms with Gasteiger partial charge in [0.15, 0.2) is 5.89 Å². The highest BCUT2D eigenvalue weighted by molar-refractivity contribution is 7.09. The van der Waals surface area contributed by atoms with Gasteiger partial charge in [-0.1, -0.05) is 95.9 Å². The summed E-state index contributed by atoms with van der Waals surface area (Å²) >= 11 is 1.67. The van der Waals surface area contributed by atoms with Gasteiger partial charge >= 0.3 is 0 Å².